The normalized spacial score (nSPS) is 10.2. The molecule has 0 fully saturated rings. The lowest BCUT2D eigenvalue weighted by molar-refractivity contribution is 0.0992. The summed E-state index contributed by atoms with van der Waals surface area (Å²) in [6.07, 6.45) is 2.83. The highest BCUT2D eigenvalue weighted by Gasteiger charge is 2.14. The van der Waals surface area contributed by atoms with E-state index in [1.165, 1.54) is 23.4 Å². The summed E-state index contributed by atoms with van der Waals surface area (Å²) in [5, 5.41) is 2.78. The smallest absolute Gasteiger partial charge is 0.261 e. The number of amides is 1. The van der Waals surface area contributed by atoms with E-state index in [0.29, 0.717) is 5.56 Å². The first-order valence-corrected chi connectivity index (χ1v) is 7.32. The first-order valence-electron chi connectivity index (χ1n) is 7.32. The summed E-state index contributed by atoms with van der Waals surface area (Å²) < 4.78 is 13.6. The fourth-order valence-electron chi connectivity index (χ4n) is 2.15. The molecule has 0 spiro atoms. The van der Waals surface area contributed by atoms with Crippen molar-refractivity contribution in [2.75, 3.05) is 17.3 Å². The van der Waals surface area contributed by atoms with Crippen molar-refractivity contribution in [1.29, 1.82) is 0 Å². The standard InChI is InChI=1S/C18H15FN4O/c1-23(14-7-3-2-4-8-14)17(24)13-11-20-18(21-12-13)22-16-10-6-5-9-15(16)19/h2-12H,1H3,(H,20,21,22). The Morgan fingerprint density at radius 2 is 1.62 bits per heavy atom. The van der Waals surface area contributed by atoms with Gasteiger partial charge in [0.25, 0.3) is 5.91 Å². The van der Waals surface area contributed by atoms with Crippen molar-refractivity contribution in [1.82, 2.24) is 9.97 Å². The first kappa shape index (κ1) is 15.6. The van der Waals surface area contributed by atoms with E-state index in [0.717, 1.165) is 5.69 Å². The summed E-state index contributed by atoms with van der Waals surface area (Å²) in [6, 6.07) is 15.5. The highest BCUT2D eigenvalue weighted by atomic mass is 19.1. The predicted molar refractivity (Wildman–Crippen MR) is 90.9 cm³/mol. The van der Waals surface area contributed by atoms with Gasteiger partial charge in [-0.3, -0.25) is 4.79 Å². The predicted octanol–water partition coefficient (Wildman–Crippen LogP) is 3.64. The summed E-state index contributed by atoms with van der Waals surface area (Å²) in [5.74, 6) is -0.400. The zero-order valence-corrected chi connectivity index (χ0v) is 13.0. The van der Waals surface area contributed by atoms with Crippen LogP contribution in [-0.2, 0) is 0 Å². The number of anilines is 3. The molecule has 5 nitrogen and oxygen atoms in total. The summed E-state index contributed by atoms with van der Waals surface area (Å²) >= 11 is 0. The number of benzene rings is 2. The van der Waals surface area contributed by atoms with E-state index in [1.54, 1.807) is 25.2 Å². The third-order valence-electron chi connectivity index (χ3n) is 3.47. The zero-order valence-electron chi connectivity index (χ0n) is 13.0. The number of hydrogen-bond donors (Lipinski definition) is 1. The molecule has 0 aliphatic carbocycles. The minimum Gasteiger partial charge on any atom is -0.322 e. The monoisotopic (exact) mass is 322 g/mol. The lowest BCUT2D eigenvalue weighted by atomic mass is 10.2. The van der Waals surface area contributed by atoms with E-state index >= 15 is 0 Å². The molecule has 1 amide bonds. The molecule has 0 unspecified atom stereocenters. The van der Waals surface area contributed by atoms with Crippen LogP contribution in [0.1, 0.15) is 10.4 Å². The van der Waals surface area contributed by atoms with Crippen molar-refractivity contribution < 1.29 is 9.18 Å². The van der Waals surface area contributed by atoms with Gasteiger partial charge in [-0.15, -0.1) is 0 Å². The molecule has 120 valence electrons. The fraction of sp³-hybridized carbons (Fsp3) is 0.0556. The largest absolute Gasteiger partial charge is 0.322 e. The average Bonchev–Trinajstić information content (AvgIpc) is 2.64. The second-order valence-electron chi connectivity index (χ2n) is 5.10. The van der Waals surface area contributed by atoms with E-state index in [1.807, 2.05) is 30.3 Å². The van der Waals surface area contributed by atoms with Gasteiger partial charge in [0.2, 0.25) is 5.95 Å². The maximum absolute atomic E-state index is 13.6. The number of rotatable bonds is 4. The van der Waals surface area contributed by atoms with E-state index in [2.05, 4.69) is 15.3 Å². The molecule has 6 heteroatoms. The van der Waals surface area contributed by atoms with Crippen LogP contribution < -0.4 is 10.2 Å². The SMILES string of the molecule is CN(C(=O)c1cnc(Nc2ccccc2F)nc1)c1ccccc1. The highest BCUT2D eigenvalue weighted by molar-refractivity contribution is 6.05. The van der Waals surface area contributed by atoms with Gasteiger partial charge in [0.1, 0.15) is 5.82 Å². The highest BCUT2D eigenvalue weighted by Crippen LogP contribution is 2.17. The molecule has 0 saturated carbocycles. The van der Waals surface area contributed by atoms with Crippen molar-refractivity contribution >= 4 is 23.2 Å². The third-order valence-corrected chi connectivity index (χ3v) is 3.47. The molecule has 1 heterocycles. The molecular weight excluding hydrogens is 307 g/mol. The number of halogens is 1. The van der Waals surface area contributed by atoms with Crippen molar-refractivity contribution in [3.05, 3.63) is 78.4 Å². The quantitative estimate of drug-likeness (QED) is 0.797. The number of para-hydroxylation sites is 2. The van der Waals surface area contributed by atoms with Gasteiger partial charge in [-0.1, -0.05) is 30.3 Å². The maximum atomic E-state index is 13.6. The van der Waals surface area contributed by atoms with Gasteiger partial charge < -0.3 is 10.2 Å². The molecular formula is C18H15FN4O. The molecule has 24 heavy (non-hydrogen) atoms. The molecule has 1 N–H and O–H groups in total. The van der Waals surface area contributed by atoms with Crippen molar-refractivity contribution in [2.45, 2.75) is 0 Å². The second kappa shape index (κ2) is 6.87. The van der Waals surface area contributed by atoms with Crippen LogP contribution >= 0.6 is 0 Å². The minimum absolute atomic E-state index is 0.221. The Bertz CT molecular complexity index is 837. The lowest BCUT2D eigenvalue weighted by Crippen LogP contribution is -2.26. The summed E-state index contributed by atoms with van der Waals surface area (Å²) in [4.78, 5) is 22.1. The van der Waals surface area contributed by atoms with Crippen LogP contribution in [0.15, 0.2) is 67.0 Å². The molecule has 3 rings (SSSR count). The van der Waals surface area contributed by atoms with Crippen LogP contribution in [0.3, 0.4) is 0 Å². The number of hydrogen-bond acceptors (Lipinski definition) is 4. The fourth-order valence-corrected chi connectivity index (χ4v) is 2.15. The Balaban J connectivity index is 1.75. The van der Waals surface area contributed by atoms with Gasteiger partial charge in [-0.2, -0.15) is 0 Å². The number of carbonyl (C=O) groups excluding carboxylic acids is 1. The lowest BCUT2D eigenvalue weighted by Gasteiger charge is -2.17. The van der Waals surface area contributed by atoms with Crippen LogP contribution in [0.25, 0.3) is 0 Å². The third kappa shape index (κ3) is 3.38. The topological polar surface area (TPSA) is 58.1 Å². The Morgan fingerprint density at radius 3 is 2.29 bits per heavy atom. The Morgan fingerprint density at radius 1 is 1.00 bits per heavy atom. The van der Waals surface area contributed by atoms with Crippen molar-refractivity contribution in [2.24, 2.45) is 0 Å². The zero-order chi connectivity index (χ0) is 16.9. The number of nitrogens with one attached hydrogen (secondary N) is 1. The average molecular weight is 322 g/mol. The van der Waals surface area contributed by atoms with E-state index < -0.39 is 5.82 Å². The van der Waals surface area contributed by atoms with E-state index in [9.17, 15) is 9.18 Å². The molecule has 0 atom stereocenters. The van der Waals surface area contributed by atoms with Crippen molar-refractivity contribution in [3.63, 3.8) is 0 Å². The Kier molecular flexibility index (Phi) is 4.47. The Labute approximate surface area is 138 Å². The molecule has 0 radical (unpaired) electrons. The molecule has 0 saturated heterocycles. The van der Waals surface area contributed by atoms with Crippen LogP contribution in [0.4, 0.5) is 21.7 Å². The van der Waals surface area contributed by atoms with Gasteiger partial charge in [-0.05, 0) is 24.3 Å². The van der Waals surface area contributed by atoms with Gasteiger partial charge >= 0.3 is 0 Å². The molecule has 3 aromatic rings. The number of aromatic nitrogens is 2. The molecule has 0 aliphatic heterocycles. The minimum atomic E-state index is -0.398. The summed E-state index contributed by atoms with van der Waals surface area (Å²) in [5.41, 5.74) is 1.40. The van der Waals surface area contributed by atoms with Crippen LogP contribution in [0.5, 0.6) is 0 Å². The van der Waals surface area contributed by atoms with Crippen LogP contribution in [0.2, 0.25) is 0 Å². The number of nitrogens with zero attached hydrogens (tertiary/aromatic N) is 3. The van der Waals surface area contributed by atoms with Crippen molar-refractivity contribution in [3.8, 4) is 0 Å². The second-order valence-corrected chi connectivity index (χ2v) is 5.10. The van der Waals surface area contributed by atoms with Crippen LogP contribution in [0, 0.1) is 5.82 Å². The van der Waals surface area contributed by atoms with E-state index in [-0.39, 0.29) is 17.5 Å². The maximum Gasteiger partial charge on any atom is 0.261 e. The van der Waals surface area contributed by atoms with Gasteiger partial charge in [0.15, 0.2) is 0 Å². The number of carbonyl (C=O) groups is 1. The summed E-state index contributed by atoms with van der Waals surface area (Å²) in [7, 11) is 1.68. The molecule has 2 aromatic carbocycles. The molecule has 1 aromatic heterocycles. The van der Waals surface area contributed by atoms with Gasteiger partial charge in [0, 0.05) is 25.1 Å². The van der Waals surface area contributed by atoms with Gasteiger partial charge in [-0.25, -0.2) is 14.4 Å². The van der Waals surface area contributed by atoms with Crippen LogP contribution in [-0.4, -0.2) is 22.9 Å². The molecule has 0 bridgehead atoms. The van der Waals surface area contributed by atoms with E-state index in [4.69, 9.17) is 0 Å². The molecule has 0 aliphatic rings. The van der Waals surface area contributed by atoms with Gasteiger partial charge in [0.05, 0.1) is 11.3 Å². The Hall–Kier alpha value is -3.28. The first-order chi connectivity index (χ1) is 11.6. The summed E-state index contributed by atoms with van der Waals surface area (Å²) in [6.45, 7) is 0.